The van der Waals surface area contributed by atoms with Crippen molar-refractivity contribution >= 4 is 29.6 Å². The van der Waals surface area contributed by atoms with Crippen LogP contribution < -0.4 is 17.2 Å². The van der Waals surface area contributed by atoms with Gasteiger partial charge in [0.1, 0.15) is 0 Å². The van der Waals surface area contributed by atoms with Gasteiger partial charge in [-0.2, -0.15) is 0 Å². The molecule has 0 aliphatic heterocycles. The molecule has 3 unspecified atom stereocenters. The van der Waals surface area contributed by atoms with Crippen molar-refractivity contribution in [2.45, 2.75) is 39.3 Å². The summed E-state index contributed by atoms with van der Waals surface area (Å²) < 4.78 is 0. The van der Waals surface area contributed by atoms with Crippen LogP contribution in [0.25, 0.3) is 0 Å². The van der Waals surface area contributed by atoms with E-state index in [4.69, 9.17) is 17.2 Å². The minimum atomic E-state index is -0.0833. The van der Waals surface area contributed by atoms with E-state index in [0.29, 0.717) is 0 Å². The van der Waals surface area contributed by atoms with Crippen molar-refractivity contribution in [2.75, 3.05) is 0 Å². The van der Waals surface area contributed by atoms with Crippen LogP contribution >= 0.6 is 0 Å². The van der Waals surface area contributed by atoms with Gasteiger partial charge in [0.15, 0.2) is 0 Å². The molecule has 0 rings (SSSR count). The number of rotatable bonds is 3. The van der Waals surface area contributed by atoms with Gasteiger partial charge in [0.05, 0.1) is 18.5 Å². The van der Waals surface area contributed by atoms with E-state index < -0.39 is 0 Å². The van der Waals surface area contributed by atoms with Crippen LogP contribution in [0.5, 0.6) is 0 Å². The molecule has 0 saturated carbocycles. The number of nitrogens with two attached hydrogens (primary N) is 3. The SMILES string of the molecule is CC(N)N(C(C)N)C(C)N.[NaH]. The number of hydrogen-bond donors (Lipinski definition) is 3. The first-order valence-corrected chi connectivity index (χ1v) is 3.51. The molecule has 0 bridgehead atoms. The quantitative estimate of drug-likeness (QED) is 0.358. The first-order valence-electron chi connectivity index (χ1n) is 3.51. The van der Waals surface area contributed by atoms with Gasteiger partial charge in [-0.15, -0.1) is 0 Å². The molecule has 0 spiro atoms. The Labute approximate surface area is 90.8 Å². The Morgan fingerprint density at radius 3 is 1.00 bits per heavy atom. The molecule has 0 saturated heterocycles. The second-order valence-electron chi connectivity index (χ2n) is 2.67. The van der Waals surface area contributed by atoms with Crippen molar-refractivity contribution in [3.63, 3.8) is 0 Å². The Morgan fingerprint density at radius 2 is 1.00 bits per heavy atom. The molecule has 0 amide bonds. The standard InChI is InChI=1S/C6H18N4.Na.H/c1-4(7)10(5(2)8)6(3)9;;/h4-6H,7-9H2,1-3H3;;. The maximum atomic E-state index is 5.60. The van der Waals surface area contributed by atoms with Crippen molar-refractivity contribution in [2.24, 2.45) is 17.2 Å². The third kappa shape index (κ3) is 5.14. The minimum absolute atomic E-state index is 0. The third-order valence-corrected chi connectivity index (χ3v) is 1.41. The Balaban J connectivity index is 0. The van der Waals surface area contributed by atoms with Gasteiger partial charge in [-0.25, -0.2) is 0 Å². The van der Waals surface area contributed by atoms with Gasteiger partial charge >= 0.3 is 29.6 Å². The summed E-state index contributed by atoms with van der Waals surface area (Å²) in [5, 5.41) is 0. The Bertz CT molecular complexity index is 75.6. The molecule has 0 aromatic carbocycles. The molecule has 0 heterocycles. The van der Waals surface area contributed by atoms with Crippen LogP contribution in [-0.2, 0) is 0 Å². The van der Waals surface area contributed by atoms with Crippen LogP contribution in [0.2, 0.25) is 0 Å². The zero-order chi connectivity index (χ0) is 8.31. The predicted molar refractivity (Wildman–Crippen MR) is 49.9 cm³/mol. The zero-order valence-corrected chi connectivity index (χ0v) is 6.91. The van der Waals surface area contributed by atoms with E-state index in [-0.39, 0.29) is 48.1 Å². The monoisotopic (exact) mass is 170 g/mol. The summed E-state index contributed by atoms with van der Waals surface area (Å²) in [6.07, 6.45) is -0.250. The van der Waals surface area contributed by atoms with E-state index in [1.54, 1.807) is 0 Å². The van der Waals surface area contributed by atoms with Gasteiger partial charge in [-0.05, 0) is 20.8 Å². The van der Waals surface area contributed by atoms with Crippen molar-refractivity contribution in [3.05, 3.63) is 0 Å². The molecule has 0 aromatic rings. The van der Waals surface area contributed by atoms with Gasteiger partial charge in [0, 0.05) is 0 Å². The molecule has 6 N–H and O–H groups in total. The molecule has 0 radical (unpaired) electrons. The van der Waals surface area contributed by atoms with Crippen molar-refractivity contribution in [1.29, 1.82) is 0 Å². The van der Waals surface area contributed by atoms with Crippen LogP contribution in [0, 0.1) is 0 Å². The van der Waals surface area contributed by atoms with Crippen molar-refractivity contribution in [1.82, 2.24) is 4.90 Å². The van der Waals surface area contributed by atoms with Crippen molar-refractivity contribution in [3.8, 4) is 0 Å². The predicted octanol–water partition coefficient (Wildman–Crippen LogP) is -1.45. The van der Waals surface area contributed by atoms with Gasteiger partial charge in [-0.1, -0.05) is 0 Å². The summed E-state index contributed by atoms with van der Waals surface area (Å²) in [7, 11) is 0. The fourth-order valence-electron chi connectivity index (χ4n) is 1.11. The molecule has 0 aliphatic carbocycles. The summed E-state index contributed by atoms with van der Waals surface area (Å²) in [6.45, 7) is 5.60. The van der Waals surface area contributed by atoms with Crippen LogP contribution in [0.3, 0.4) is 0 Å². The molecule has 4 nitrogen and oxygen atoms in total. The average molecular weight is 170 g/mol. The molecule has 0 aliphatic rings. The van der Waals surface area contributed by atoms with Gasteiger partial charge < -0.3 is 17.2 Å². The average Bonchev–Trinajstić information content (AvgIpc) is 1.59. The van der Waals surface area contributed by atoms with Crippen molar-refractivity contribution < 1.29 is 0 Å². The van der Waals surface area contributed by atoms with Crippen LogP contribution in [0.1, 0.15) is 20.8 Å². The second-order valence-corrected chi connectivity index (χ2v) is 2.67. The number of hydrogen-bond acceptors (Lipinski definition) is 4. The normalized spacial score (nSPS) is 18.8. The van der Waals surface area contributed by atoms with Crippen LogP contribution in [-0.4, -0.2) is 53.0 Å². The van der Waals surface area contributed by atoms with Gasteiger partial charge in [-0.3, -0.25) is 4.90 Å². The summed E-state index contributed by atoms with van der Waals surface area (Å²) in [4.78, 5) is 1.83. The molecular weight excluding hydrogens is 151 g/mol. The molecular formula is C6H19N4Na. The van der Waals surface area contributed by atoms with E-state index in [1.807, 2.05) is 25.7 Å². The third-order valence-electron chi connectivity index (χ3n) is 1.41. The van der Waals surface area contributed by atoms with Gasteiger partial charge in [0.2, 0.25) is 0 Å². The summed E-state index contributed by atoms with van der Waals surface area (Å²) in [5.41, 5.74) is 16.8. The van der Waals surface area contributed by atoms with Crippen LogP contribution in [0.15, 0.2) is 0 Å². The molecule has 11 heavy (non-hydrogen) atoms. The summed E-state index contributed by atoms with van der Waals surface area (Å²) in [5.74, 6) is 0. The Kier molecular flexibility index (Phi) is 8.32. The Hall–Kier alpha value is 0.840. The van der Waals surface area contributed by atoms with E-state index >= 15 is 0 Å². The van der Waals surface area contributed by atoms with Crippen LogP contribution in [0.4, 0.5) is 0 Å². The van der Waals surface area contributed by atoms with E-state index in [9.17, 15) is 0 Å². The van der Waals surface area contributed by atoms with Gasteiger partial charge in [0.25, 0.3) is 0 Å². The Morgan fingerprint density at radius 1 is 0.818 bits per heavy atom. The topological polar surface area (TPSA) is 81.3 Å². The molecule has 64 valence electrons. The van der Waals surface area contributed by atoms with E-state index in [0.717, 1.165) is 0 Å². The summed E-state index contributed by atoms with van der Waals surface area (Å²) in [6, 6.07) is 0. The molecule has 3 atom stereocenters. The molecule has 0 aromatic heterocycles. The number of nitrogens with zero attached hydrogens (tertiary/aromatic N) is 1. The van der Waals surface area contributed by atoms with E-state index in [1.165, 1.54) is 0 Å². The summed E-state index contributed by atoms with van der Waals surface area (Å²) >= 11 is 0. The first kappa shape index (κ1) is 14.4. The maximum absolute atomic E-state index is 5.60. The van der Waals surface area contributed by atoms with E-state index in [2.05, 4.69) is 0 Å². The zero-order valence-electron chi connectivity index (χ0n) is 6.91. The second kappa shape index (κ2) is 6.37. The fraction of sp³-hybridized carbons (Fsp3) is 1.00. The molecule has 5 heteroatoms. The molecule has 0 fully saturated rings. The first-order chi connectivity index (χ1) is 4.46. The fourth-order valence-corrected chi connectivity index (χ4v) is 1.11.